The molecule has 3 heteroatoms. The molecule has 2 atom stereocenters. The molecule has 1 aromatic rings. The number of aromatic nitrogens is 1. The number of nitrogens with zero attached hydrogens (tertiary/aromatic N) is 2. The molecule has 3 rings (SSSR count). The average molecular weight is 214 g/mol. The maximum atomic E-state index is 12.2. The number of hydrogen-bond donors (Lipinski definition) is 0. The van der Waals surface area contributed by atoms with Crippen molar-refractivity contribution >= 4 is 5.91 Å². The van der Waals surface area contributed by atoms with Crippen molar-refractivity contribution in [3.8, 4) is 0 Å². The SMILES string of the molecule is CN1C(=O)C(n2cccc2)C2CC=CC=C21. The zero-order valence-electron chi connectivity index (χ0n) is 9.21. The van der Waals surface area contributed by atoms with Crippen molar-refractivity contribution in [2.24, 2.45) is 5.92 Å². The average Bonchev–Trinajstić information content (AvgIpc) is 2.89. The number of likely N-dealkylation sites (N-methyl/N-ethyl adjacent to an activating group) is 1. The van der Waals surface area contributed by atoms with E-state index in [9.17, 15) is 4.79 Å². The fourth-order valence-electron chi connectivity index (χ4n) is 2.65. The Morgan fingerprint density at radius 1 is 1.31 bits per heavy atom. The Bertz CT molecular complexity index is 470. The molecule has 2 unspecified atom stereocenters. The number of amides is 1. The van der Waals surface area contributed by atoms with E-state index in [1.165, 1.54) is 0 Å². The number of carbonyl (C=O) groups excluding carboxylic acids is 1. The predicted molar refractivity (Wildman–Crippen MR) is 61.6 cm³/mol. The van der Waals surface area contributed by atoms with Gasteiger partial charge in [-0.2, -0.15) is 0 Å². The summed E-state index contributed by atoms with van der Waals surface area (Å²) >= 11 is 0. The van der Waals surface area contributed by atoms with Crippen molar-refractivity contribution in [2.45, 2.75) is 12.5 Å². The first-order chi connectivity index (χ1) is 7.79. The minimum absolute atomic E-state index is 0.0591. The van der Waals surface area contributed by atoms with E-state index in [4.69, 9.17) is 0 Å². The molecule has 16 heavy (non-hydrogen) atoms. The van der Waals surface area contributed by atoms with Crippen LogP contribution in [0.2, 0.25) is 0 Å². The van der Waals surface area contributed by atoms with Gasteiger partial charge in [-0.3, -0.25) is 4.79 Å². The van der Waals surface area contributed by atoms with Crippen molar-refractivity contribution in [1.29, 1.82) is 0 Å². The van der Waals surface area contributed by atoms with Gasteiger partial charge in [-0.1, -0.05) is 12.2 Å². The molecule has 0 spiro atoms. The van der Waals surface area contributed by atoms with Crippen LogP contribution in [0.3, 0.4) is 0 Å². The number of rotatable bonds is 1. The largest absolute Gasteiger partial charge is 0.341 e. The highest BCUT2D eigenvalue weighted by Crippen LogP contribution is 2.40. The summed E-state index contributed by atoms with van der Waals surface area (Å²) in [5, 5.41) is 0. The van der Waals surface area contributed by atoms with Crippen LogP contribution in [0.1, 0.15) is 12.5 Å². The van der Waals surface area contributed by atoms with Crippen molar-refractivity contribution in [1.82, 2.24) is 9.47 Å². The van der Waals surface area contributed by atoms with Crippen LogP contribution < -0.4 is 0 Å². The van der Waals surface area contributed by atoms with E-state index in [-0.39, 0.29) is 11.9 Å². The van der Waals surface area contributed by atoms with Gasteiger partial charge < -0.3 is 9.47 Å². The Balaban J connectivity index is 2.04. The Labute approximate surface area is 94.7 Å². The third kappa shape index (κ3) is 1.18. The summed E-state index contributed by atoms with van der Waals surface area (Å²) in [7, 11) is 1.86. The molecule has 1 aliphatic carbocycles. The Morgan fingerprint density at radius 2 is 2.06 bits per heavy atom. The lowest BCUT2D eigenvalue weighted by Crippen LogP contribution is -2.24. The van der Waals surface area contributed by atoms with Crippen LogP contribution in [0.5, 0.6) is 0 Å². The van der Waals surface area contributed by atoms with Gasteiger partial charge in [-0.25, -0.2) is 0 Å². The fraction of sp³-hybridized carbons (Fsp3) is 0.308. The lowest BCUT2D eigenvalue weighted by Gasteiger charge is -2.19. The number of fused-ring (bicyclic) bond motifs is 1. The molecule has 3 nitrogen and oxygen atoms in total. The van der Waals surface area contributed by atoms with Gasteiger partial charge in [0.2, 0.25) is 5.91 Å². The Morgan fingerprint density at radius 3 is 2.81 bits per heavy atom. The monoisotopic (exact) mass is 214 g/mol. The van der Waals surface area contributed by atoms with Crippen molar-refractivity contribution in [2.75, 3.05) is 7.05 Å². The molecule has 1 fully saturated rings. The molecule has 0 aromatic carbocycles. The standard InChI is InChI=1S/C13H14N2O/c1-14-11-7-3-2-6-10(11)12(13(14)16)15-8-4-5-9-15/h2-5,7-10,12H,6H2,1H3. The van der Waals surface area contributed by atoms with Gasteiger partial charge >= 0.3 is 0 Å². The Kier molecular flexibility index (Phi) is 1.99. The van der Waals surface area contributed by atoms with Gasteiger partial charge in [-0.05, 0) is 24.6 Å². The number of carbonyl (C=O) groups is 1. The molecule has 2 heterocycles. The molecule has 0 radical (unpaired) electrons. The van der Waals surface area contributed by atoms with Gasteiger partial charge in [0.25, 0.3) is 0 Å². The summed E-state index contributed by atoms with van der Waals surface area (Å²) in [6.45, 7) is 0. The van der Waals surface area contributed by atoms with Crippen LogP contribution in [-0.2, 0) is 4.79 Å². The smallest absolute Gasteiger partial charge is 0.250 e. The van der Waals surface area contributed by atoms with Gasteiger partial charge in [0.15, 0.2) is 0 Å². The summed E-state index contributed by atoms with van der Waals surface area (Å²) < 4.78 is 2.02. The van der Waals surface area contributed by atoms with Crippen molar-refractivity contribution < 1.29 is 4.79 Å². The summed E-state index contributed by atoms with van der Waals surface area (Å²) in [4.78, 5) is 14.0. The van der Waals surface area contributed by atoms with Crippen molar-refractivity contribution in [3.05, 3.63) is 48.5 Å². The maximum Gasteiger partial charge on any atom is 0.250 e. The third-order valence-electron chi connectivity index (χ3n) is 3.47. The molecule has 0 saturated carbocycles. The minimum atomic E-state index is -0.0591. The maximum absolute atomic E-state index is 12.2. The molecule has 1 aromatic heterocycles. The Hall–Kier alpha value is -1.77. The lowest BCUT2D eigenvalue weighted by molar-refractivity contribution is -0.128. The summed E-state index contributed by atoms with van der Waals surface area (Å²) in [6.07, 6.45) is 11.1. The molecule has 2 aliphatic rings. The first kappa shape index (κ1) is 9.46. The molecular weight excluding hydrogens is 200 g/mol. The van der Waals surface area contributed by atoms with Gasteiger partial charge in [0.05, 0.1) is 0 Å². The van der Waals surface area contributed by atoms with E-state index in [0.29, 0.717) is 5.92 Å². The minimum Gasteiger partial charge on any atom is -0.341 e. The molecule has 1 saturated heterocycles. The number of allylic oxidation sites excluding steroid dienone is 4. The zero-order valence-corrected chi connectivity index (χ0v) is 9.21. The quantitative estimate of drug-likeness (QED) is 0.701. The van der Waals surface area contributed by atoms with Crippen LogP contribution in [0.25, 0.3) is 0 Å². The molecule has 0 N–H and O–H groups in total. The second kappa shape index (κ2) is 3.37. The van der Waals surface area contributed by atoms with Crippen molar-refractivity contribution in [3.63, 3.8) is 0 Å². The molecule has 0 bridgehead atoms. The van der Waals surface area contributed by atoms with Gasteiger partial charge in [-0.15, -0.1) is 0 Å². The van der Waals surface area contributed by atoms with Gasteiger partial charge in [0.1, 0.15) is 6.04 Å². The highest BCUT2D eigenvalue weighted by atomic mass is 16.2. The first-order valence-corrected chi connectivity index (χ1v) is 5.56. The van der Waals surface area contributed by atoms with Crippen LogP contribution >= 0.6 is 0 Å². The van der Waals surface area contributed by atoms with E-state index >= 15 is 0 Å². The second-order valence-corrected chi connectivity index (χ2v) is 4.33. The predicted octanol–water partition coefficient (Wildman–Crippen LogP) is 1.96. The van der Waals surface area contributed by atoms with Crippen LogP contribution in [0.15, 0.2) is 48.5 Å². The van der Waals surface area contributed by atoms with Crippen LogP contribution in [0, 0.1) is 5.92 Å². The van der Waals surface area contributed by atoms with E-state index in [2.05, 4.69) is 12.2 Å². The first-order valence-electron chi connectivity index (χ1n) is 5.56. The highest BCUT2D eigenvalue weighted by Gasteiger charge is 2.43. The summed E-state index contributed by atoms with van der Waals surface area (Å²) in [6, 6.07) is 3.87. The fourth-order valence-corrected chi connectivity index (χ4v) is 2.65. The lowest BCUT2D eigenvalue weighted by atomic mass is 9.93. The summed E-state index contributed by atoms with van der Waals surface area (Å²) in [5.74, 6) is 0.492. The third-order valence-corrected chi connectivity index (χ3v) is 3.47. The number of likely N-dealkylation sites (tertiary alicyclic amines) is 1. The second-order valence-electron chi connectivity index (χ2n) is 4.33. The molecule has 82 valence electrons. The van der Waals surface area contributed by atoms with E-state index < -0.39 is 0 Å². The molecule has 1 aliphatic heterocycles. The van der Waals surface area contributed by atoms with E-state index in [1.807, 2.05) is 42.2 Å². The molecular formula is C13H14N2O. The molecule has 1 amide bonds. The summed E-state index contributed by atoms with van der Waals surface area (Å²) in [5.41, 5.74) is 1.14. The topological polar surface area (TPSA) is 25.2 Å². The zero-order chi connectivity index (χ0) is 11.1. The number of hydrogen-bond acceptors (Lipinski definition) is 1. The van der Waals surface area contributed by atoms with Gasteiger partial charge in [0, 0.05) is 31.1 Å². The van der Waals surface area contributed by atoms with E-state index in [0.717, 1.165) is 12.1 Å². The van der Waals surface area contributed by atoms with Crippen LogP contribution in [-0.4, -0.2) is 22.4 Å². The van der Waals surface area contributed by atoms with E-state index in [1.54, 1.807) is 4.90 Å². The highest BCUT2D eigenvalue weighted by molar-refractivity contribution is 5.86. The normalized spacial score (nSPS) is 28.2. The van der Waals surface area contributed by atoms with Crippen LogP contribution in [0.4, 0.5) is 0 Å².